The molecule has 1 heterocycles. The fraction of sp³-hybridized carbons (Fsp3) is 0.333. The maximum atomic E-state index is 11.8. The zero-order valence-corrected chi connectivity index (χ0v) is 11.9. The molecule has 20 heavy (non-hydrogen) atoms. The van der Waals surface area contributed by atoms with Gasteiger partial charge >= 0.3 is 0 Å². The molecule has 0 unspecified atom stereocenters. The number of para-hydroxylation sites is 1. The third-order valence-electron chi connectivity index (χ3n) is 3.16. The van der Waals surface area contributed by atoms with Crippen LogP contribution in [-0.4, -0.2) is 22.2 Å². The monoisotopic (exact) mass is 272 g/mol. The molecule has 2 aromatic rings. The number of anilines is 1. The van der Waals surface area contributed by atoms with Gasteiger partial charge in [-0.05, 0) is 38.9 Å². The van der Waals surface area contributed by atoms with E-state index in [2.05, 4.69) is 10.4 Å². The highest BCUT2D eigenvalue weighted by Gasteiger charge is 2.14. The van der Waals surface area contributed by atoms with Crippen LogP contribution in [0.25, 0.3) is 5.69 Å². The Labute approximate surface area is 118 Å². The summed E-state index contributed by atoms with van der Waals surface area (Å²) < 4.78 is 1.84. The number of benzene rings is 1. The topological polar surface area (TPSA) is 72.9 Å². The van der Waals surface area contributed by atoms with E-state index in [4.69, 9.17) is 5.73 Å². The van der Waals surface area contributed by atoms with E-state index in [1.165, 1.54) is 0 Å². The Balaban J connectivity index is 2.23. The van der Waals surface area contributed by atoms with Crippen LogP contribution >= 0.6 is 0 Å². The van der Waals surface area contributed by atoms with Gasteiger partial charge in [0.15, 0.2) is 0 Å². The minimum Gasteiger partial charge on any atom is -0.330 e. The van der Waals surface area contributed by atoms with Crippen molar-refractivity contribution in [1.82, 2.24) is 9.78 Å². The summed E-state index contributed by atoms with van der Waals surface area (Å²) >= 11 is 0. The molecule has 0 fully saturated rings. The lowest BCUT2D eigenvalue weighted by atomic mass is 10.2. The number of rotatable bonds is 5. The van der Waals surface area contributed by atoms with Gasteiger partial charge in [0.2, 0.25) is 5.91 Å². The van der Waals surface area contributed by atoms with Gasteiger partial charge in [-0.25, -0.2) is 4.68 Å². The lowest BCUT2D eigenvalue weighted by Gasteiger charge is -2.06. The summed E-state index contributed by atoms with van der Waals surface area (Å²) in [5.74, 6) is -0.0192. The molecule has 1 aromatic carbocycles. The molecule has 0 radical (unpaired) electrons. The van der Waals surface area contributed by atoms with E-state index < -0.39 is 0 Å². The molecule has 0 atom stereocenters. The highest BCUT2D eigenvalue weighted by molar-refractivity contribution is 5.91. The van der Waals surface area contributed by atoms with Gasteiger partial charge in [-0.3, -0.25) is 4.79 Å². The van der Waals surface area contributed by atoms with Gasteiger partial charge in [-0.15, -0.1) is 0 Å². The maximum absolute atomic E-state index is 11.8. The van der Waals surface area contributed by atoms with Crippen molar-refractivity contribution < 1.29 is 4.79 Å². The molecule has 0 spiro atoms. The molecule has 0 aliphatic heterocycles. The molecule has 106 valence electrons. The Morgan fingerprint density at radius 3 is 2.65 bits per heavy atom. The average molecular weight is 272 g/mol. The number of carbonyl (C=O) groups excluding carboxylic acids is 1. The van der Waals surface area contributed by atoms with Crippen LogP contribution in [0.15, 0.2) is 30.3 Å². The van der Waals surface area contributed by atoms with Crippen molar-refractivity contribution in [3.05, 3.63) is 41.7 Å². The Kier molecular flexibility index (Phi) is 4.53. The SMILES string of the molecule is Cc1nn(-c2ccccc2)c(C)c1NC(=O)CCCN. The van der Waals surface area contributed by atoms with Crippen LogP contribution in [0.1, 0.15) is 24.2 Å². The highest BCUT2D eigenvalue weighted by Crippen LogP contribution is 2.22. The van der Waals surface area contributed by atoms with E-state index in [0.717, 1.165) is 22.8 Å². The summed E-state index contributed by atoms with van der Waals surface area (Å²) in [7, 11) is 0. The second-order valence-electron chi connectivity index (χ2n) is 4.73. The molecular formula is C15H20N4O. The lowest BCUT2D eigenvalue weighted by Crippen LogP contribution is -2.14. The van der Waals surface area contributed by atoms with E-state index in [0.29, 0.717) is 19.4 Å². The van der Waals surface area contributed by atoms with Gasteiger partial charge in [0.1, 0.15) is 0 Å². The van der Waals surface area contributed by atoms with Crippen molar-refractivity contribution >= 4 is 11.6 Å². The number of hydrogen-bond acceptors (Lipinski definition) is 3. The van der Waals surface area contributed by atoms with E-state index in [-0.39, 0.29) is 5.91 Å². The zero-order chi connectivity index (χ0) is 14.5. The van der Waals surface area contributed by atoms with Crippen molar-refractivity contribution in [3.8, 4) is 5.69 Å². The standard InChI is InChI=1S/C15H20N4O/c1-11-15(17-14(20)9-6-10-16)12(2)19(18-11)13-7-4-3-5-8-13/h3-5,7-8H,6,9-10,16H2,1-2H3,(H,17,20). The summed E-state index contributed by atoms with van der Waals surface area (Å²) in [5, 5.41) is 7.42. The van der Waals surface area contributed by atoms with Gasteiger partial charge in [0.25, 0.3) is 0 Å². The molecule has 1 amide bonds. The van der Waals surface area contributed by atoms with E-state index >= 15 is 0 Å². The summed E-state index contributed by atoms with van der Waals surface area (Å²) in [6.07, 6.45) is 1.13. The molecular weight excluding hydrogens is 252 g/mol. The first kappa shape index (κ1) is 14.3. The Morgan fingerprint density at radius 1 is 1.30 bits per heavy atom. The zero-order valence-electron chi connectivity index (χ0n) is 11.9. The van der Waals surface area contributed by atoms with Crippen LogP contribution in [0, 0.1) is 13.8 Å². The van der Waals surface area contributed by atoms with Gasteiger partial charge in [-0.1, -0.05) is 18.2 Å². The lowest BCUT2D eigenvalue weighted by molar-refractivity contribution is -0.116. The third-order valence-corrected chi connectivity index (χ3v) is 3.16. The molecule has 0 saturated carbocycles. The van der Waals surface area contributed by atoms with Crippen molar-refractivity contribution in [3.63, 3.8) is 0 Å². The number of hydrogen-bond donors (Lipinski definition) is 2. The van der Waals surface area contributed by atoms with Gasteiger partial charge in [-0.2, -0.15) is 5.10 Å². The smallest absolute Gasteiger partial charge is 0.224 e. The maximum Gasteiger partial charge on any atom is 0.224 e. The van der Waals surface area contributed by atoms with Gasteiger partial charge in [0.05, 0.1) is 22.8 Å². The highest BCUT2D eigenvalue weighted by atomic mass is 16.1. The molecule has 0 bridgehead atoms. The quantitative estimate of drug-likeness (QED) is 0.876. The average Bonchev–Trinajstić information content (AvgIpc) is 2.74. The number of aryl methyl sites for hydroxylation is 1. The van der Waals surface area contributed by atoms with Gasteiger partial charge < -0.3 is 11.1 Å². The normalized spacial score (nSPS) is 10.6. The Morgan fingerprint density at radius 2 is 2.00 bits per heavy atom. The first-order valence-electron chi connectivity index (χ1n) is 6.75. The van der Waals surface area contributed by atoms with Crippen LogP contribution < -0.4 is 11.1 Å². The minimum absolute atomic E-state index is 0.0192. The summed E-state index contributed by atoms with van der Waals surface area (Å²) in [6, 6.07) is 9.86. The third kappa shape index (κ3) is 3.05. The number of nitrogens with zero attached hydrogens (tertiary/aromatic N) is 2. The van der Waals surface area contributed by atoms with Crippen LogP contribution in [0.5, 0.6) is 0 Å². The summed E-state index contributed by atoms with van der Waals surface area (Å²) in [6.45, 7) is 4.37. The van der Waals surface area contributed by atoms with Crippen LogP contribution in [0.4, 0.5) is 5.69 Å². The number of amides is 1. The Hall–Kier alpha value is -2.14. The Bertz CT molecular complexity index is 589. The largest absolute Gasteiger partial charge is 0.330 e. The summed E-state index contributed by atoms with van der Waals surface area (Å²) in [4.78, 5) is 11.8. The predicted molar refractivity (Wildman–Crippen MR) is 80.0 cm³/mol. The van der Waals surface area contributed by atoms with Crippen molar-refractivity contribution in [1.29, 1.82) is 0 Å². The first-order chi connectivity index (χ1) is 9.63. The van der Waals surface area contributed by atoms with Crippen LogP contribution in [0.3, 0.4) is 0 Å². The molecule has 3 N–H and O–H groups in total. The van der Waals surface area contributed by atoms with Gasteiger partial charge in [0, 0.05) is 6.42 Å². The van der Waals surface area contributed by atoms with E-state index in [1.807, 2.05) is 48.9 Å². The number of nitrogens with one attached hydrogen (secondary N) is 1. The molecule has 0 aliphatic rings. The number of aromatic nitrogens is 2. The minimum atomic E-state index is -0.0192. The first-order valence-corrected chi connectivity index (χ1v) is 6.75. The second-order valence-corrected chi connectivity index (χ2v) is 4.73. The fourth-order valence-corrected chi connectivity index (χ4v) is 2.11. The van der Waals surface area contributed by atoms with E-state index in [9.17, 15) is 4.79 Å². The fourth-order valence-electron chi connectivity index (χ4n) is 2.11. The molecule has 0 aliphatic carbocycles. The molecule has 0 saturated heterocycles. The van der Waals surface area contributed by atoms with E-state index in [1.54, 1.807) is 0 Å². The van der Waals surface area contributed by atoms with Crippen molar-refractivity contribution in [2.75, 3.05) is 11.9 Å². The van der Waals surface area contributed by atoms with Crippen LogP contribution in [-0.2, 0) is 4.79 Å². The molecule has 5 nitrogen and oxygen atoms in total. The molecule has 1 aromatic heterocycles. The van der Waals surface area contributed by atoms with Crippen molar-refractivity contribution in [2.45, 2.75) is 26.7 Å². The predicted octanol–water partition coefficient (Wildman–Crippen LogP) is 2.17. The molecule has 5 heteroatoms. The number of carbonyl (C=O) groups is 1. The second kappa shape index (κ2) is 6.34. The van der Waals surface area contributed by atoms with Crippen LogP contribution in [0.2, 0.25) is 0 Å². The van der Waals surface area contributed by atoms with Crippen molar-refractivity contribution in [2.24, 2.45) is 5.73 Å². The molecule has 2 rings (SSSR count). The summed E-state index contributed by atoms with van der Waals surface area (Å²) in [5.41, 5.74) is 8.92. The number of nitrogens with two attached hydrogens (primary N) is 1.